The van der Waals surface area contributed by atoms with Crippen LogP contribution in [-0.2, 0) is 36.9 Å². The first-order valence-corrected chi connectivity index (χ1v) is 17.7. The molecule has 0 spiro atoms. The smallest absolute Gasteiger partial charge is 0.416 e. The number of amides is 2. The van der Waals surface area contributed by atoms with Gasteiger partial charge in [0.05, 0.1) is 41.2 Å². The Bertz CT molecular complexity index is 2340. The lowest BCUT2D eigenvalue weighted by molar-refractivity contribution is -0.143. The average Bonchev–Trinajstić information content (AvgIpc) is 3.43. The van der Waals surface area contributed by atoms with E-state index in [-0.39, 0.29) is 36.0 Å². The second-order valence-electron chi connectivity index (χ2n) is 14.5. The number of anilines is 1. The Kier molecular flexibility index (Phi) is 8.62. The first-order chi connectivity index (χ1) is 26.6. The molecule has 4 aromatic rings. The Morgan fingerprint density at radius 3 is 1.98 bits per heavy atom. The number of carbonyl (C=O) groups is 4. The molecule has 4 aromatic carbocycles. The Labute approximate surface area is 315 Å². The number of phenolic OH excluding ortho intramolecular Hbond substituents is 1. The monoisotopic (exact) mass is 771 g/mol. The lowest BCUT2D eigenvalue weighted by atomic mass is 9.44. The Morgan fingerprint density at radius 1 is 0.768 bits per heavy atom. The molecule has 1 heterocycles. The van der Waals surface area contributed by atoms with Gasteiger partial charge in [0.15, 0.2) is 23.1 Å². The number of ketones is 2. The quantitative estimate of drug-likeness (QED) is 0.124. The van der Waals surface area contributed by atoms with Gasteiger partial charge in [0.25, 0.3) is 0 Å². The number of allylic oxidation sites excluding steroid dienone is 4. The first kappa shape index (κ1) is 37.0. The molecule has 0 bridgehead atoms. The number of carbonyl (C=O) groups excluding carboxylic acids is 4. The van der Waals surface area contributed by atoms with Crippen LogP contribution in [0.3, 0.4) is 0 Å². The van der Waals surface area contributed by atoms with Crippen molar-refractivity contribution in [1.82, 2.24) is 0 Å². The van der Waals surface area contributed by atoms with Crippen LogP contribution >= 0.6 is 0 Å². The third kappa shape index (κ3) is 5.57. The van der Waals surface area contributed by atoms with Gasteiger partial charge in [-0.3, -0.25) is 19.2 Å². The van der Waals surface area contributed by atoms with Crippen molar-refractivity contribution in [3.8, 4) is 11.5 Å². The van der Waals surface area contributed by atoms with Gasteiger partial charge in [-0.05, 0) is 71.9 Å². The normalized spacial score (nSPS) is 26.3. The van der Waals surface area contributed by atoms with E-state index in [1.165, 1.54) is 25.3 Å². The lowest BCUT2D eigenvalue weighted by Gasteiger charge is -2.55. The van der Waals surface area contributed by atoms with E-state index in [4.69, 9.17) is 4.74 Å². The number of methoxy groups -OCH3 is 1. The fraction of sp³-hybridized carbons (Fsp3) is 0.256. The van der Waals surface area contributed by atoms with Gasteiger partial charge in [-0.2, -0.15) is 26.3 Å². The maximum atomic E-state index is 15.1. The number of fused-ring (bicyclic) bond motifs is 4. The summed E-state index contributed by atoms with van der Waals surface area (Å²) in [6, 6.07) is 22.3. The largest absolute Gasteiger partial charge is 0.504 e. The Hall–Kier alpha value is -5.98. The molecule has 13 heteroatoms. The molecule has 1 saturated heterocycles. The van der Waals surface area contributed by atoms with E-state index in [0.29, 0.717) is 39.3 Å². The van der Waals surface area contributed by atoms with E-state index in [9.17, 15) is 41.0 Å². The maximum Gasteiger partial charge on any atom is 0.416 e. The van der Waals surface area contributed by atoms with Crippen molar-refractivity contribution in [3.63, 3.8) is 0 Å². The molecule has 8 rings (SSSR count). The summed E-state index contributed by atoms with van der Waals surface area (Å²) in [7, 11) is 1.35. The Balaban J connectivity index is 1.33. The molecular weight excluding hydrogens is 740 g/mol. The van der Waals surface area contributed by atoms with Crippen molar-refractivity contribution in [3.05, 3.63) is 143 Å². The van der Waals surface area contributed by atoms with Crippen molar-refractivity contribution in [2.75, 3.05) is 12.0 Å². The zero-order chi connectivity index (χ0) is 39.9. The van der Waals surface area contributed by atoms with Crippen molar-refractivity contribution < 1.29 is 55.4 Å². The molecule has 7 nitrogen and oxygen atoms in total. The number of benzene rings is 4. The van der Waals surface area contributed by atoms with Crippen LogP contribution in [0, 0.1) is 23.7 Å². The molecule has 286 valence electrons. The van der Waals surface area contributed by atoms with E-state index in [1.54, 1.807) is 72.8 Å². The molecule has 0 aromatic heterocycles. The second kappa shape index (κ2) is 13.1. The van der Waals surface area contributed by atoms with E-state index in [2.05, 4.69) is 0 Å². The van der Waals surface area contributed by atoms with Crippen molar-refractivity contribution in [2.45, 2.75) is 36.5 Å². The van der Waals surface area contributed by atoms with Crippen LogP contribution in [0.1, 0.15) is 46.6 Å². The van der Waals surface area contributed by atoms with Crippen LogP contribution in [0.2, 0.25) is 0 Å². The molecule has 56 heavy (non-hydrogen) atoms. The zero-order valence-electron chi connectivity index (χ0n) is 29.4. The molecule has 6 atom stereocenters. The van der Waals surface area contributed by atoms with E-state index in [1.807, 2.05) is 0 Å². The molecule has 6 unspecified atom stereocenters. The summed E-state index contributed by atoms with van der Waals surface area (Å²) >= 11 is 0. The van der Waals surface area contributed by atoms with Crippen LogP contribution in [0.25, 0.3) is 5.57 Å². The SMILES string of the molecule is COc1ccc(C2C3=CCC4C(=O)N(c5cc(C(F)(F)F)cc(C(F)(F)F)c5)C(=O)C4C3CC3C(=O)C(c4ccccc4)=CC(=O)C32c2ccccc2)cc1O. The highest BCUT2D eigenvalue weighted by Gasteiger charge is 2.66. The zero-order valence-corrected chi connectivity index (χ0v) is 29.4. The van der Waals surface area contributed by atoms with Crippen molar-refractivity contribution in [1.29, 1.82) is 0 Å². The number of hydrogen-bond acceptors (Lipinski definition) is 6. The molecule has 3 aliphatic carbocycles. The van der Waals surface area contributed by atoms with Crippen molar-refractivity contribution >= 4 is 34.6 Å². The molecule has 2 amide bonds. The summed E-state index contributed by atoms with van der Waals surface area (Å²) in [5, 5.41) is 11.1. The van der Waals surface area contributed by atoms with Gasteiger partial charge in [0, 0.05) is 17.4 Å². The molecular formula is C43H31F6NO6. The molecule has 1 saturated carbocycles. The fourth-order valence-electron chi connectivity index (χ4n) is 9.46. The average molecular weight is 772 g/mol. The highest BCUT2D eigenvalue weighted by Crippen LogP contribution is 2.64. The minimum Gasteiger partial charge on any atom is -0.504 e. The highest BCUT2D eigenvalue weighted by atomic mass is 19.4. The lowest BCUT2D eigenvalue weighted by Crippen LogP contribution is -2.58. The third-order valence-electron chi connectivity index (χ3n) is 11.7. The number of halogens is 6. The van der Waals surface area contributed by atoms with Crippen LogP contribution in [-0.4, -0.2) is 35.6 Å². The summed E-state index contributed by atoms with van der Waals surface area (Å²) in [6.07, 6.45) is -7.75. The molecule has 4 aliphatic rings. The van der Waals surface area contributed by atoms with Crippen LogP contribution in [0.5, 0.6) is 11.5 Å². The van der Waals surface area contributed by atoms with E-state index >= 15 is 9.59 Å². The molecule has 1 N–H and O–H groups in total. The second-order valence-corrected chi connectivity index (χ2v) is 14.5. The molecule has 0 radical (unpaired) electrons. The summed E-state index contributed by atoms with van der Waals surface area (Å²) in [6.45, 7) is 0. The topological polar surface area (TPSA) is 101 Å². The number of hydrogen-bond donors (Lipinski definition) is 1. The number of phenols is 1. The molecule has 2 fully saturated rings. The first-order valence-electron chi connectivity index (χ1n) is 17.7. The minimum atomic E-state index is -5.23. The predicted molar refractivity (Wildman–Crippen MR) is 190 cm³/mol. The highest BCUT2D eigenvalue weighted by molar-refractivity contribution is 6.32. The Morgan fingerprint density at radius 2 is 1.39 bits per heavy atom. The maximum absolute atomic E-state index is 15.1. The van der Waals surface area contributed by atoms with Gasteiger partial charge in [-0.25, -0.2) is 4.90 Å². The predicted octanol–water partition coefficient (Wildman–Crippen LogP) is 8.47. The minimum absolute atomic E-state index is 0.0794. The van der Waals surface area contributed by atoms with Gasteiger partial charge >= 0.3 is 12.4 Å². The van der Waals surface area contributed by atoms with Gasteiger partial charge in [-0.15, -0.1) is 0 Å². The summed E-state index contributed by atoms with van der Waals surface area (Å²) < 4.78 is 88.8. The summed E-state index contributed by atoms with van der Waals surface area (Å²) in [5.74, 6) is -8.65. The van der Waals surface area contributed by atoms with Gasteiger partial charge in [0.1, 0.15) is 0 Å². The van der Waals surface area contributed by atoms with Crippen LogP contribution in [0.15, 0.2) is 115 Å². The van der Waals surface area contributed by atoms with Crippen LogP contribution < -0.4 is 9.64 Å². The number of rotatable bonds is 5. The van der Waals surface area contributed by atoms with Crippen LogP contribution in [0.4, 0.5) is 32.0 Å². The van der Waals surface area contributed by atoms with E-state index < -0.39 is 87.6 Å². The third-order valence-corrected chi connectivity index (χ3v) is 11.7. The van der Waals surface area contributed by atoms with E-state index in [0.717, 1.165) is 0 Å². The number of aromatic hydroxyl groups is 1. The molecule has 1 aliphatic heterocycles. The fourth-order valence-corrected chi connectivity index (χ4v) is 9.46. The number of nitrogens with zero attached hydrogens (tertiary/aromatic N) is 1. The van der Waals surface area contributed by atoms with Gasteiger partial charge in [0.2, 0.25) is 11.8 Å². The van der Waals surface area contributed by atoms with Gasteiger partial charge < -0.3 is 9.84 Å². The van der Waals surface area contributed by atoms with Gasteiger partial charge in [-0.1, -0.05) is 78.4 Å². The standard InChI is InChI=1S/C43H31F6NO6/c1-56-34-15-12-23(16-33(34)51)37-28-13-14-29-36(40(55)50(39(29)54)27-18-25(42(44,45)46)17-26(19-27)43(47,48)49)31(28)20-32-38(53)30(22-8-4-2-5-9-22)21-35(52)41(32,37)24-10-6-3-7-11-24/h2-13,15-19,21,29,31-32,36-37,51H,14,20H2,1H3. The van der Waals surface area contributed by atoms with Crippen molar-refractivity contribution in [2.24, 2.45) is 23.7 Å². The number of Topliss-reactive ketones (excluding diaryl/α,β-unsaturated/α-hetero) is 1. The summed E-state index contributed by atoms with van der Waals surface area (Å²) in [5.41, 5.74) is -3.95. The summed E-state index contributed by atoms with van der Waals surface area (Å²) in [4.78, 5) is 59.1. The number of imide groups is 1. The number of alkyl halides is 6. The number of ether oxygens (including phenoxy) is 1.